The highest BCUT2D eigenvalue weighted by Crippen LogP contribution is 2.26. The molecule has 0 bridgehead atoms. The van der Waals surface area contributed by atoms with Gasteiger partial charge in [0.25, 0.3) is 0 Å². The van der Waals surface area contributed by atoms with Crippen LogP contribution in [0.4, 0.5) is 0 Å². The van der Waals surface area contributed by atoms with E-state index in [2.05, 4.69) is 5.32 Å². The molecule has 8 heteroatoms. The number of carbonyl (C=O) groups is 1. The van der Waals surface area contributed by atoms with E-state index in [1.165, 1.54) is 4.31 Å². The van der Waals surface area contributed by atoms with Crippen LogP contribution in [0.25, 0.3) is 0 Å². The van der Waals surface area contributed by atoms with Crippen molar-refractivity contribution in [3.63, 3.8) is 0 Å². The minimum atomic E-state index is -3.48. The number of ether oxygens (including phenoxy) is 1. The number of nitrogens with one attached hydrogen (secondary N) is 1. The van der Waals surface area contributed by atoms with E-state index in [0.29, 0.717) is 36.5 Å². The number of halogens is 1. The molecular weight excluding hydrogens is 436 g/mol. The lowest BCUT2D eigenvalue weighted by Gasteiger charge is -2.31. The number of hydrogen-bond donors (Lipinski definition) is 1. The lowest BCUT2D eigenvalue weighted by atomic mass is 9.95. The van der Waals surface area contributed by atoms with Crippen molar-refractivity contribution in [2.24, 2.45) is 5.92 Å². The number of rotatable bonds is 8. The number of methoxy groups -OCH3 is 1. The maximum Gasteiger partial charge on any atom is 0.223 e. The molecular formula is C23H29ClN2O4S. The van der Waals surface area contributed by atoms with Gasteiger partial charge >= 0.3 is 0 Å². The van der Waals surface area contributed by atoms with Crippen molar-refractivity contribution in [2.75, 3.05) is 20.2 Å². The minimum absolute atomic E-state index is 0.0224. The zero-order chi connectivity index (χ0) is 22.4. The second kappa shape index (κ2) is 10.5. The molecule has 0 saturated carbocycles. The first-order valence-electron chi connectivity index (χ1n) is 10.5. The molecule has 0 aromatic heterocycles. The summed E-state index contributed by atoms with van der Waals surface area (Å²) in [6, 6.07) is 14.6. The first-order chi connectivity index (χ1) is 14.8. The van der Waals surface area contributed by atoms with Gasteiger partial charge in [-0.15, -0.1) is 0 Å². The third-order valence-electron chi connectivity index (χ3n) is 5.76. The molecule has 168 valence electrons. The average molecular weight is 465 g/mol. The van der Waals surface area contributed by atoms with Crippen LogP contribution in [0.3, 0.4) is 0 Å². The van der Waals surface area contributed by atoms with Crippen LogP contribution in [0.15, 0.2) is 48.5 Å². The Kier molecular flexibility index (Phi) is 7.97. The fraction of sp³-hybridized carbons (Fsp3) is 0.435. The zero-order valence-electron chi connectivity index (χ0n) is 17.9. The summed E-state index contributed by atoms with van der Waals surface area (Å²) in [5.41, 5.74) is 1.62. The molecule has 0 unspecified atom stereocenters. The van der Waals surface area contributed by atoms with Crippen LogP contribution < -0.4 is 10.1 Å². The van der Waals surface area contributed by atoms with E-state index in [-0.39, 0.29) is 23.6 Å². The zero-order valence-corrected chi connectivity index (χ0v) is 19.5. The van der Waals surface area contributed by atoms with Crippen molar-refractivity contribution in [3.8, 4) is 5.75 Å². The molecule has 0 spiro atoms. The van der Waals surface area contributed by atoms with Gasteiger partial charge in [0, 0.05) is 24.0 Å². The van der Waals surface area contributed by atoms with E-state index < -0.39 is 10.0 Å². The molecule has 2 aromatic carbocycles. The molecule has 1 aliphatic rings. The summed E-state index contributed by atoms with van der Waals surface area (Å²) in [6.45, 7) is 2.70. The van der Waals surface area contributed by atoms with Crippen molar-refractivity contribution < 1.29 is 17.9 Å². The van der Waals surface area contributed by atoms with Crippen LogP contribution >= 0.6 is 11.6 Å². The predicted octanol–water partition coefficient (Wildman–Crippen LogP) is 4.16. The molecule has 3 rings (SSSR count). The Morgan fingerprint density at radius 2 is 1.81 bits per heavy atom. The van der Waals surface area contributed by atoms with Gasteiger partial charge in [0.15, 0.2) is 0 Å². The topological polar surface area (TPSA) is 75.7 Å². The molecule has 6 nitrogen and oxygen atoms in total. The molecule has 31 heavy (non-hydrogen) atoms. The summed E-state index contributed by atoms with van der Waals surface area (Å²) in [5, 5.41) is 3.57. The molecule has 1 N–H and O–H groups in total. The quantitative estimate of drug-likeness (QED) is 0.636. The summed E-state index contributed by atoms with van der Waals surface area (Å²) < 4.78 is 32.3. The van der Waals surface area contributed by atoms with Gasteiger partial charge in [0.2, 0.25) is 15.9 Å². The van der Waals surface area contributed by atoms with Crippen molar-refractivity contribution in [3.05, 3.63) is 64.7 Å². The molecule has 1 aliphatic heterocycles. The third-order valence-corrected chi connectivity index (χ3v) is 7.95. The fourth-order valence-electron chi connectivity index (χ4n) is 3.85. The van der Waals surface area contributed by atoms with Gasteiger partial charge in [-0.05, 0) is 48.6 Å². The Morgan fingerprint density at radius 3 is 2.39 bits per heavy atom. The monoisotopic (exact) mass is 464 g/mol. The standard InChI is InChI=1S/C23H29ClN2O4S/c1-3-22(17-8-10-20(30-2)11-9-17)25-23(27)18-12-14-26(15-13-18)31(28,29)16-19-6-4-5-7-21(19)24/h4-11,18,22H,3,12-16H2,1-2H3,(H,25,27)/t22-/m0/s1. The normalized spacial score (nSPS) is 16.6. The minimum Gasteiger partial charge on any atom is -0.497 e. The summed E-state index contributed by atoms with van der Waals surface area (Å²) in [6.07, 6.45) is 1.78. The highest BCUT2D eigenvalue weighted by molar-refractivity contribution is 7.88. The number of hydrogen-bond acceptors (Lipinski definition) is 4. The Labute approximate surface area is 189 Å². The van der Waals surface area contributed by atoms with Crippen LogP contribution in [0.1, 0.15) is 43.4 Å². The first-order valence-corrected chi connectivity index (χ1v) is 12.5. The van der Waals surface area contributed by atoms with Crippen molar-refractivity contribution in [2.45, 2.75) is 38.0 Å². The Hall–Kier alpha value is -2.09. The van der Waals surface area contributed by atoms with E-state index >= 15 is 0 Å². The van der Waals surface area contributed by atoms with E-state index in [9.17, 15) is 13.2 Å². The van der Waals surface area contributed by atoms with Gasteiger partial charge in [-0.3, -0.25) is 4.79 Å². The van der Waals surface area contributed by atoms with Crippen LogP contribution in [-0.4, -0.2) is 38.8 Å². The van der Waals surface area contributed by atoms with Gasteiger partial charge in [0.1, 0.15) is 5.75 Å². The molecule has 1 atom stereocenters. The van der Waals surface area contributed by atoms with Crippen LogP contribution in [0.2, 0.25) is 5.02 Å². The van der Waals surface area contributed by atoms with Gasteiger partial charge in [-0.25, -0.2) is 12.7 Å². The van der Waals surface area contributed by atoms with Gasteiger partial charge in [0.05, 0.1) is 18.9 Å². The summed E-state index contributed by atoms with van der Waals surface area (Å²) >= 11 is 6.12. The molecule has 0 aliphatic carbocycles. The highest BCUT2D eigenvalue weighted by atomic mass is 35.5. The highest BCUT2D eigenvalue weighted by Gasteiger charge is 2.32. The third kappa shape index (κ3) is 5.99. The van der Waals surface area contributed by atoms with Crippen molar-refractivity contribution >= 4 is 27.5 Å². The van der Waals surface area contributed by atoms with Crippen LogP contribution in [0.5, 0.6) is 5.75 Å². The number of benzene rings is 2. The van der Waals surface area contributed by atoms with E-state index in [1.54, 1.807) is 31.4 Å². The first kappa shape index (κ1) is 23.6. The fourth-order valence-corrected chi connectivity index (χ4v) is 5.72. The molecule has 1 amide bonds. The molecule has 1 fully saturated rings. The van der Waals surface area contributed by atoms with Gasteiger partial charge in [-0.2, -0.15) is 0 Å². The van der Waals surface area contributed by atoms with E-state index in [4.69, 9.17) is 16.3 Å². The number of sulfonamides is 1. The summed E-state index contributed by atoms with van der Waals surface area (Å²) in [4.78, 5) is 12.8. The lowest BCUT2D eigenvalue weighted by molar-refractivity contribution is -0.126. The smallest absolute Gasteiger partial charge is 0.223 e. The lowest BCUT2D eigenvalue weighted by Crippen LogP contribution is -2.44. The second-order valence-corrected chi connectivity index (χ2v) is 10.1. The summed E-state index contributed by atoms with van der Waals surface area (Å²) in [7, 11) is -1.86. The molecule has 0 radical (unpaired) electrons. The van der Waals surface area contributed by atoms with Gasteiger partial charge < -0.3 is 10.1 Å². The predicted molar refractivity (Wildman–Crippen MR) is 123 cm³/mol. The largest absolute Gasteiger partial charge is 0.497 e. The molecule has 2 aromatic rings. The number of carbonyl (C=O) groups excluding carboxylic acids is 1. The Balaban J connectivity index is 1.56. The maximum absolute atomic E-state index is 12.8. The van der Waals surface area contributed by atoms with E-state index in [1.807, 2.05) is 31.2 Å². The van der Waals surface area contributed by atoms with Crippen molar-refractivity contribution in [1.82, 2.24) is 9.62 Å². The second-order valence-electron chi connectivity index (χ2n) is 7.76. The average Bonchev–Trinajstić information content (AvgIpc) is 2.79. The van der Waals surface area contributed by atoms with Crippen LogP contribution in [-0.2, 0) is 20.6 Å². The van der Waals surface area contributed by atoms with Gasteiger partial charge in [-0.1, -0.05) is 48.9 Å². The Bertz CT molecular complexity index is 987. The Morgan fingerprint density at radius 1 is 1.16 bits per heavy atom. The number of amides is 1. The van der Waals surface area contributed by atoms with E-state index in [0.717, 1.165) is 17.7 Å². The number of nitrogens with zero attached hydrogens (tertiary/aromatic N) is 1. The summed E-state index contributed by atoms with van der Waals surface area (Å²) in [5.74, 6) is 0.430. The maximum atomic E-state index is 12.8. The number of piperidine rings is 1. The molecule has 1 heterocycles. The van der Waals surface area contributed by atoms with Crippen LogP contribution in [0, 0.1) is 5.92 Å². The van der Waals surface area contributed by atoms with Crippen molar-refractivity contribution in [1.29, 1.82) is 0 Å². The molecule has 1 saturated heterocycles. The SMILES string of the molecule is CC[C@H](NC(=O)C1CCN(S(=O)(=O)Cc2ccccc2Cl)CC1)c1ccc(OC)cc1.